The van der Waals surface area contributed by atoms with E-state index in [0.717, 1.165) is 48.9 Å². The minimum absolute atomic E-state index is 0.0386. The topological polar surface area (TPSA) is 84.5 Å². The van der Waals surface area contributed by atoms with E-state index in [-0.39, 0.29) is 24.2 Å². The predicted molar refractivity (Wildman–Crippen MR) is 121 cm³/mol. The number of aryl methyl sites for hydroxylation is 1. The summed E-state index contributed by atoms with van der Waals surface area (Å²) < 4.78 is 5.82. The van der Waals surface area contributed by atoms with Crippen molar-refractivity contribution >= 4 is 40.8 Å². The Morgan fingerprint density at radius 2 is 2.03 bits per heavy atom. The van der Waals surface area contributed by atoms with Gasteiger partial charge in [0.25, 0.3) is 0 Å². The van der Waals surface area contributed by atoms with Gasteiger partial charge in [-0.3, -0.25) is 0 Å². The lowest BCUT2D eigenvalue weighted by molar-refractivity contribution is 0.0973. The molecule has 0 saturated carbocycles. The maximum Gasteiger partial charge on any atom is 0.153 e. The van der Waals surface area contributed by atoms with Crippen molar-refractivity contribution < 1.29 is 9.84 Å². The quantitative estimate of drug-likeness (QED) is 0.699. The van der Waals surface area contributed by atoms with Crippen LogP contribution in [0.25, 0.3) is 0 Å². The highest BCUT2D eigenvalue weighted by Crippen LogP contribution is 2.43. The maximum absolute atomic E-state index is 9.99. The highest BCUT2D eigenvalue weighted by molar-refractivity contribution is 7.99. The van der Waals surface area contributed by atoms with Crippen LogP contribution >= 0.6 is 35.0 Å². The molecule has 30 heavy (non-hydrogen) atoms. The summed E-state index contributed by atoms with van der Waals surface area (Å²) in [6.07, 6.45) is 1.98. The molecule has 0 radical (unpaired) electrons. The fraction of sp³-hybridized carbons (Fsp3) is 0.524. The van der Waals surface area contributed by atoms with Crippen molar-refractivity contribution in [2.45, 2.75) is 55.4 Å². The lowest BCUT2D eigenvalue weighted by Gasteiger charge is -2.42. The third-order valence-electron chi connectivity index (χ3n) is 6.26. The second-order valence-corrected chi connectivity index (χ2v) is 9.90. The number of piperidine rings is 1. The molecule has 1 spiro atoms. The molecule has 1 aromatic heterocycles. The van der Waals surface area contributed by atoms with Gasteiger partial charge in [0.2, 0.25) is 0 Å². The summed E-state index contributed by atoms with van der Waals surface area (Å²) in [5.41, 5.74) is 7.83. The molecule has 0 unspecified atom stereocenters. The number of halogens is 2. The summed E-state index contributed by atoms with van der Waals surface area (Å²) in [5, 5.41) is 11.7. The van der Waals surface area contributed by atoms with Crippen molar-refractivity contribution in [1.29, 1.82) is 0 Å². The van der Waals surface area contributed by atoms with Crippen molar-refractivity contribution in [2.24, 2.45) is 11.1 Å². The first-order valence-corrected chi connectivity index (χ1v) is 11.6. The molecule has 2 aliphatic heterocycles. The predicted octanol–water partition coefficient (Wildman–Crippen LogP) is 4.07. The average Bonchev–Trinajstić information content (AvgIpc) is 3.01. The molecule has 9 heteroatoms. The Labute approximate surface area is 191 Å². The molecule has 4 rings (SSSR count). The van der Waals surface area contributed by atoms with Gasteiger partial charge in [-0.2, -0.15) is 0 Å². The molecule has 162 valence electrons. The minimum Gasteiger partial charge on any atom is -0.390 e. The van der Waals surface area contributed by atoms with Gasteiger partial charge in [0.05, 0.1) is 35.1 Å². The van der Waals surface area contributed by atoms with Gasteiger partial charge in [-0.05, 0) is 38.8 Å². The molecule has 2 saturated heterocycles. The maximum atomic E-state index is 9.99. The summed E-state index contributed by atoms with van der Waals surface area (Å²) in [4.78, 5) is 12.5. The van der Waals surface area contributed by atoms with Crippen molar-refractivity contribution in [3.05, 3.63) is 39.6 Å². The van der Waals surface area contributed by atoms with E-state index in [2.05, 4.69) is 4.90 Å². The smallest absolute Gasteiger partial charge is 0.153 e. The highest BCUT2D eigenvalue weighted by Gasteiger charge is 2.47. The second kappa shape index (κ2) is 8.81. The van der Waals surface area contributed by atoms with E-state index < -0.39 is 0 Å². The van der Waals surface area contributed by atoms with E-state index in [1.807, 2.05) is 26.0 Å². The van der Waals surface area contributed by atoms with Gasteiger partial charge >= 0.3 is 0 Å². The first-order valence-electron chi connectivity index (χ1n) is 10.1. The summed E-state index contributed by atoms with van der Waals surface area (Å²) in [6.45, 7) is 6.14. The molecule has 3 heterocycles. The van der Waals surface area contributed by atoms with Gasteiger partial charge in [0.1, 0.15) is 10.7 Å². The van der Waals surface area contributed by atoms with E-state index in [9.17, 15) is 5.11 Å². The largest absolute Gasteiger partial charge is 0.390 e. The zero-order valence-electron chi connectivity index (χ0n) is 17.1. The Hall–Kier alpha value is -1.09. The molecule has 2 fully saturated rings. The number of aliphatic hydroxyl groups is 1. The van der Waals surface area contributed by atoms with Crippen LogP contribution < -0.4 is 10.6 Å². The van der Waals surface area contributed by atoms with Gasteiger partial charge in [0.15, 0.2) is 5.82 Å². The fourth-order valence-electron chi connectivity index (χ4n) is 4.28. The van der Waals surface area contributed by atoms with Crippen molar-refractivity contribution in [2.75, 3.05) is 24.6 Å². The number of hydrogen-bond donors (Lipinski definition) is 2. The van der Waals surface area contributed by atoms with Crippen molar-refractivity contribution in [1.82, 2.24) is 9.97 Å². The normalized spacial score (nSPS) is 23.3. The molecular weight excluding hydrogens is 443 g/mol. The van der Waals surface area contributed by atoms with Crippen LogP contribution in [-0.2, 0) is 11.3 Å². The van der Waals surface area contributed by atoms with Crippen molar-refractivity contribution in [3.63, 3.8) is 0 Å². The summed E-state index contributed by atoms with van der Waals surface area (Å²) >= 11 is 13.9. The third kappa shape index (κ3) is 4.04. The van der Waals surface area contributed by atoms with E-state index in [1.54, 1.807) is 6.07 Å². The third-order valence-corrected chi connectivity index (χ3v) is 8.33. The van der Waals surface area contributed by atoms with E-state index in [1.165, 1.54) is 11.8 Å². The Kier molecular flexibility index (Phi) is 6.49. The molecule has 0 aliphatic carbocycles. The molecule has 6 nitrogen and oxygen atoms in total. The molecule has 2 aromatic rings. The van der Waals surface area contributed by atoms with E-state index >= 15 is 0 Å². The summed E-state index contributed by atoms with van der Waals surface area (Å²) in [5.74, 6) is 0.743. The van der Waals surface area contributed by atoms with Crippen LogP contribution in [0.3, 0.4) is 0 Å². The Bertz CT molecular complexity index is 937. The van der Waals surface area contributed by atoms with E-state index in [0.29, 0.717) is 20.8 Å². The van der Waals surface area contributed by atoms with Gasteiger partial charge in [-0.1, -0.05) is 41.0 Å². The van der Waals surface area contributed by atoms with Crippen LogP contribution in [0.1, 0.15) is 31.2 Å². The SMILES string of the molecule is Cc1nc(N2CCC3(CC2)CO[C@@H](C)[C@H]3N)c(CO)nc1Sc1cccc(Cl)c1Cl. The molecule has 2 atom stereocenters. The second-order valence-electron chi connectivity index (χ2n) is 8.09. The monoisotopic (exact) mass is 468 g/mol. The van der Waals surface area contributed by atoms with Crippen molar-refractivity contribution in [3.8, 4) is 0 Å². The fourth-order valence-corrected chi connectivity index (χ4v) is 5.66. The van der Waals surface area contributed by atoms with Crippen LogP contribution in [0.5, 0.6) is 0 Å². The molecular formula is C21H26Cl2N4O2S. The van der Waals surface area contributed by atoms with Gasteiger partial charge < -0.3 is 20.5 Å². The lowest BCUT2D eigenvalue weighted by atomic mass is 9.73. The number of hydrogen-bond acceptors (Lipinski definition) is 7. The molecule has 2 aliphatic rings. The number of nitrogens with zero attached hydrogens (tertiary/aromatic N) is 3. The molecule has 1 aromatic carbocycles. The van der Waals surface area contributed by atoms with Crippen LogP contribution in [0.4, 0.5) is 5.82 Å². The molecule has 3 N–H and O–H groups in total. The van der Waals surface area contributed by atoms with Crippen LogP contribution in [0.2, 0.25) is 10.0 Å². The van der Waals surface area contributed by atoms with E-state index in [4.69, 9.17) is 43.6 Å². The molecule has 0 bridgehead atoms. The minimum atomic E-state index is -0.180. The number of benzene rings is 1. The highest BCUT2D eigenvalue weighted by atomic mass is 35.5. The van der Waals surface area contributed by atoms with Crippen LogP contribution in [0, 0.1) is 12.3 Å². The van der Waals surface area contributed by atoms with Crippen LogP contribution in [-0.4, -0.2) is 46.9 Å². The Morgan fingerprint density at radius 1 is 1.30 bits per heavy atom. The zero-order valence-corrected chi connectivity index (χ0v) is 19.4. The average molecular weight is 469 g/mol. The first kappa shape index (κ1) is 22.1. The zero-order chi connectivity index (χ0) is 21.5. The Balaban J connectivity index is 1.55. The molecule has 0 amide bonds. The first-order chi connectivity index (χ1) is 14.3. The van der Waals surface area contributed by atoms with Crippen LogP contribution in [0.15, 0.2) is 28.1 Å². The van der Waals surface area contributed by atoms with Gasteiger partial charge in [0, 0.05) is 29.4 Å². The number of nitrogens with two attached hydrogens (primary N) is 1. The number of anilines is 1. The number of rotatable bonds is 4. The lowest BCUT2D eigenvalue weighted by Crippen LogP contribution is -2.51. The van der Waals surface area contributed by atoms with Gasteiger partial charge in [-0.15, -0.1) is 0 Å². The number of aliphatic hydroxyl groups excluding tert-OH is 1. The number of ether oxygens (including phenoxy) is 1. The number of aromatic nitrogens is 2. The summed E-state index contributed by atoms with van der Waals surface area (Å²) in [7, 11) is 0. The standard InChI is InChI=1S/C21H26Cl2N4O2S/c1-12-20(30-16-5-3-4-14(22)17(16)23)26-15(10-28)19(25-12)27-8-6-21(7-9-27)11-29-13(2)18(21)24/h3-5,13,18,28H,6-11,24H2,1-2H3/t13-,18+/m0/s1. The van der Waals surface area contributed by atoms with Gasteiger partial charge in [-0.25, -0.2) is 9.97 Å². The summed E-state index contributed by atoms with van der Waals surface area (Å²) in [6, 6.07) is 5.55. The Morgan fingerprint density at radius 3 is 2.67 bits per heavy atom.